The SMILES string of the molecule is CCOC(=O)Cc1nc2ccccc2n(C2CC3COCC(C2)N3C2CC3CCCCC(C3)C2)c1=O. The third-order valence-electron chi connectivity index (χ3n) is 9.17. The van der Waals surface area contributed by atoms with E-state index in [1.54, 1.807) is 6.92 Å². The third-order valence-corrected chi connectivity index (χ3v) is 9.17. The number of esters is 1. The average Bonchev–Trinajstić information content (AvgIpc) is 3.03. The fourth-order valence-electron chi connectivity index (χ4n) is 7.86. The van der Waals surface area contributed by atoms with Gasteiger partial charge in [0.25, 0.3) is 5.56 Å². The van der Waals surface area contributed by atoms with Crippen LogP contribution in [0.25, 0.3) is 11.0 Å². The lowest BCUT2D eigenvalue weighted by molar-refractivity contribution is -0.142. The van der Waals surface area contributed by atoms with Crippen LogP contribution in [0.4, 0.5) is 0 Å². The first-order valence-corrected chi connectivity index (χ1v) is 14.1. The van der Waals surface area contributed by atoms with Gasteiger partial charge in [-0.1, -0.05) is 37.8 Å². The number of ether oxygens (including phenoxy) is 2. The number of rotatable bonds is 5. The Morgan fingerprint density at radius 2 is 1.67 bits per heavy atom. The average molecular weight is 494 g/mol. The molecule has 2 aliphatic carbocycles. The Balaban J connectivity index is 1.31. The minimum Gasteiger partial charge on any atom is -0.466 e. The smallest absolute Gasteiger partial charge is 0.312 e. The lowest BCUT2D eigenvalue weighted by Gasteiger charge is -2.54. The molecule has 2 saturated carbocycles. The molecule has 6 rings (SSSR count). The first-order chi connectivity index (χ1) is 17.6. The van der Waals surface area contributed by atoms with E-state index >= 15 is 0 Å². The van der Waals surface area contributed by atoms with E-state index in [1.807, 2.05) is 28.8 Å². The Morgan fingerprint density at radius 3 is 2.36 bits per heavy atom. The Kier molecular flexibility index (Phi) is 6.86. The monoisotopic (exact) mass is 493 g/mol. The summed E-state index contributed by atoms with van der Waals surface area (Å²) in [7, 11) is 0. The largest absolute Gasteiger partial charge is 0.466 e. The summed E-state index contributed by atoms with van der Waals surface area (Å²) < 4.78 is 13.2. The molecule has 0 N–H and O–H groups in total. The Morgan fingerprint density at radius 1 is 0.972 bits per heavy atom. The van der Waals surface area contributed by atoms with Gasteiger partial charge in [-0.15, -0.1) is 0 Å². The molecule has 0 spiro atoms. The lowest BCUT2D eigenvalue weighted by atomic mass is 9.75. The topological polar surface area (TPSA) is 73.7 Å². The van der Waals surface area contributed by atoms with Crippen LogP contribution < -0.4 is 5.56 Å². The van der Waals surface area contributed by atoms with Gasteiger partial charge in [0.05, 0.1) is 37.3 Å². The quantitative estimate of drug-likeness (QED) is 0.580. The fraction of sp³-hybridized carbons (Fsp3) is 0.690. The van der Waals surface area contributed by atoms with Crippen molar-refractivity contribution in [1.29, 1.82) is 0 Å². The molecule has 2 aromatic rings. The molecule has 4 fully saturated rings. The number of hydrogen-bond acceptors (Lipinski definition) is 6. The number of morpholine rings is 1. The Hall–Kier alpha value is -2.25. The molecular weight excluding hydrogens is 454 g/mol. The maximum atomic E-state index is 13.7. The maximum Gasteiger partial charge on any atom is 0.312 e. The van der Waals surface area contributed by atoms with E-state index in [4.69, 9.17) is 9.47 Å². The third kappa shape index (κ3) is 4.60. The molecule has 3 heterocycles. The lowest BCUT2D eigenvalue weighted by Crippen LogP contribution is -2.62. The molecule has 4 aliphatic rings. The van der Waals surface area contributed by atoms with Gasteiger partial charge in [-0.25, -0.2) is 4.98 Å². The molecule has 1 aromatic carbocycles. The van der Waals surface area contributed by atoms with Gasteiger partial charge in [0.1, 0.15) is 5.69 Å². The molecule has 4 unspecified atom stereocenters. The van der Waals surface area contributed by atoms with Gasteiger partial charge in [-0.3, -0.25) is 14.5 Å². The van der Waals surface area contributed by atoms with Crippen molar-refractivity contribution in [3.8, 4) is 0 Å². The van der Waals surface area contributed by atoms with Crippen molar-refractivity contribution < 1.29 is 14.3 Å². The van der Waals surface area contributed by atoms with Gasteiger partial charge in [0, 0.05) is 24.2 Å². The van der Waals surface area contributed by atoms with Crippen LogP contribution in [-0.2, 0) is 20.7 Å². The molecular formula is C29H39N3O4. The summed E-state index contributed by atoms with van der Waals surface area (Å²) in [6, 6.07) is 9.22. The van der Waals surface area contributed by atoms with Crippen molar-refractivity contribution in [2.24, 2.45) is 11.8 Å². The number of carbonyl (C=O) groups excluding carboxylic acids is 1. The zero-order valence-electron chi connectivity index (χ0n) is 21.4. The van der Waals surface area contributed by atoms with E-state index in [1.165, 1.54) is 44.9 Å². The van der Waals surface area contributed by atoms with E-state index in [2.05, 4.69) is 9.88 Å². The van der Waals surface area contributed by atoms with Crippen LogP contribution in [0.15, 0.2) is 29.1 Å². The first kappa shape index (κ1) is 24.1. The highest BCUT2D eigenvalue weighted by atomic mass is 16.5. The van der Waals surface area contributed by atoms with E-state index in [0.29, 0.717) is 24.7 Å². The summed E-state index contributed by atoms with van der Waals surface area (Å²) in [4.78, 5) is 33.4. The van der Waals surface area contributed by atoms with Crippen LogP contribution in [0, 0.1) is 11.8 Å². The van der Waals surface area contributed by atoms with Crippen LogP contribution in [0.1, 0.15) is 76.4 Å². The predicted octanol–water partition coefficient (Wildman–Crippen LogP) is 4.27. The second-order valence-corrected chi connectivity index (χ2v) is 11.5. The second kappa shape index (κ2) is 10.3. The van der Waals surface area contributed by atoms with Crippen LogP contribution >= 0.6 is 0 Å². The van der Waals surface area contributed by atoms with Crippen LogP contribution in [0.3, 0.4) is 0 Å². The highest BCUT2D eigenvalue weighted by Crippen LogP contribution is 2.44. The van der Waals surface area contributed by atoms with Gasteiger partial charge in [-0.05, 0) is 63.0 Å². The van der Waals surface area contributed by atoms with Gasteiger partial charge in [0.2, 0.25) is 0 Å². The number of nitrogens with zero attached hydrogens (tertiary/aromatic N) is 3. The van der Waals surface area contributed by atoms with Crippen molar-refractivity contribution in [3.63, 3.8) is 0 Å². The molecule has 1 aromatic heterocycles. The Bertz CT molecular complexity index is 1130. The van der Waals surface area contributed by atoms with Crippen LogP contribution in [0.5, 0.6) is 0 Å². The number of fused-ring (bicyclic) bond motifs is 5. The van der Waals surface area contributed by atoms with Gasteiger partial charge in [0.15, 0.2) is 0 Å². The number of hydrogen-bond donors (Lipinski definition) is 0. The number of carbonyl (C=O) groups is 1. The van der Waals surface area contributed by atoms with Crippen LogP contribution in [0.2, 0.25) is 0 Å². The normalized spacial score (nSPS) is 32.7. The summed E-state index contributed by atoms with van der Waals surface area (Å²) in [6.07, 6.45) is 11.4. The summed E-state index contributed by atoms with van der Waals surface area (Å²) in [6.45, 7) is 3.56. The van der Waals surface area contributed by atoms with Crippen molar-refractivity contribution in [1.82, 2.24) is 14.5 Å². The van der Waals surface area contributed by atoms with Crippen LogP contribution in [-0.4, -0.2) is 58.4 Å². The van der Waals surface area contributed by atoms with Crippen molar-refractivity contribution >= 4 is 17.0 Å². The molecule has 4 atom stereocenters. The maximum absolute atomic E-state index is 13.7. The van der Waals surface area contributed by atoms with Crippen molar-refractivity contribution in [2.75, 3.05) is 19.8 Å². The molecule has 0 radical (unpaired) electrons. The minimum absolute atomic E-state index is 0.0763. The first-order valence-electron chi connectivity index (χ1n) is 14.1. The molecule has 2 saturated heterocycles. The molecule has 0 amide bonds. The summed E-state index contributed by atoms with van der Waals surface area (Å²) in [5, 5.41) is 0. The summed E-state index contributed by atoms with van der Waals surface area (Å²) in [5.74, 6) is 1.36. The van der Waals surface area contributed by atoms with Gasteiger partial charge < -0.3 is 14.0 Å². The van der Waals surface area contributed by atoms with E-state index in [-0.39, 0.29) is 23.7 Å². The fourth-order valence-corrected chi connectivity index (χ4v) is 7.86. The highest BCUT2D eigenvalue weighted by Gasteiger charge is 2.45. The second-order valence-electron chi connectivity index (χ2n) is 11.5. The highest BCUT2D eigenvalue weighted by molar-refractivity contribution is 5.77. The predicted molar refractivity (Wildman–Crippen MR) is 138 cm³/mol. The van der Waals surface area contributed by atoms with Crippen molar-refractivity contribution in [2.45, 2.75) is 95.3 Å². The number of benzene rings is 1. The molecule has 2 aliphatic heterocycles. The van der Waals surface area contributed by atoms with E-state index in [0.717, 1.165) is 48.9 Å². The zero-order valence-corrected chi connectivity index (χ0v) is 21.4. The number of para-hydroxylation sites is 2. The molecule has 7 heteroatoms. The van der Waals surface area contributed by atoms with E-state index < -0.39 is 5.97 Å². The molecule has 194 valence electrons. The van der Waals surface area contributed by atoms with E-state index in [9.17, 15) is 9.59 Å². The van der Waals surface area contributed by atoms with Gasteiger partial charge >= 0.3 is 5.97 Å². The standard InChI is InChI=1S/C29H39N3O4/c1-2-36-28(33)16-26-29(34)32(27-10-6-5-9-25(27)30-26)22-14-23-17-35-18-24(15-22)31(23)21-12-19-7-3-4-8-20(11-19)13-21/h5-6,9-10,19-24H,2-4,7-8,11-18H2,1H3. The van der Waals surface area contributed by atoms with Gasteiger partial charge in [-0.2, -0.15) is 0 Å². The zero-order chi connectivity index (χ0) is 24.6. The Labute approximate surface area is 213 Å². The minimum atomic E-state index is -0.400. The number of aromatic nitrogens is 2. The molecule has 4 bridgehead atoms. The van der Waals surface area contributed by atoms with Crippen molar-refractivity contribution in [3.05, 3.63) is 40.3 Å². The summed E-state index contributed by atoms with van der Waals surface area (Å²) >= 11 is 0. The molecule has 7 nitrogen and oxygen atoms in total. The summed E-state index contributed by atoms with van der Waals surface area (Å²) in [5.41, 5.74) is 1.75. The molecule has 36 heavy (non-hydrogen) atoms. The number of piperidine rings is 1.